The molecule has 0 N–H and O–H groups in total. The van der Waals surface area contributed by atoms with Gasteiger partial charge >= 0.3 is 13.3 Å². The average molecular weight is 245 g/mol. The topological polar surface area (TPSA) is 61.8 Å². The Hall–Kier alpha value is -0.0900. The summed E-state index contributed by atoms with van der Waals surface area (Å²) in [6.07, 6.45) is 0. The Balaban J connectivity index is 4.31. The summed E-state index contributed by atoms with van der Waals surface area (Å²) in [7, 11) is -3.76. The molecule has 0 aliphatic heterocycles. The lowest BCUT2D eigenvalue weighted by Crippen LogP contribution is -2.10. The molecule has 0 heterocycles. The molecule has 0 radical (unpaired) electrons. The van der Waals surface area contributed by atoms with Crippen molar-refractivity contribution in [2.24, 2.45) is 0 Å². The molecule has 0 aliphatic carbocycles. The SMILES string of the molecule is CCOP(=O)(OCC)C(=O)OCCCl. The van der Waals surface area contributed by atoms with Gasteiger partial charge in [-0.3, -0.25) is 0 Å². The predicted molar refractivity (Wildman–Crippen MR) is 52.9 cm³/mol. The van der Waals surface area contributed by atoms with E-state index in [1.54, 1.807) is 13.8 Å². The molecule has 0 aromatic heterocycles. The zero-order valence-corrected chi connectivity index (χ0v) is 9.85. The lowest BCUT2D eigenvalue weighted by atomic mass is 10.9. The van der Waals surface area contributed by atoms with Crippen LogP contribution < -0.4 is 0 Å². The molecule has 0 rings (SSSR count). The van der Waals surface area contributed by atoms with Gasteiger partial charge in [0.1, 0.15) is 6.61 Å². The van der Waals surface area contributed by atoms with Gasteiger partial charge in [0.2, 0.25) is 0 Å². The molecule has 0 aliphatic rings. The first kappa shape index (κ1) is 13.9. The molecule has 0 atom stereocenters. The van der Waals surface area contributed by atoms with Crippen molar-refractivity contribution in [3.05, 3.63) is 0 Å². The second kappa shape index (κ2) is 7.23. The molecule has 84 valence electrons. The molecule has 0 fully saturated rings. The van der Waals surface area contributed by atoms with E-state index in [0.717, 1.165) is 0 Å². The van der Waals surface area contributed by atoms with Crippen LogP contribution >= 0.6 is 19.2 Å². The molecular formula is C7H14ClO5P. The minimum Gasteiger partial charge on any atom is -0.455 e. The summed E-state index contributed by atoms with van der Waals surface area (Å²) in [6.45, 7) is 3.45. The van der Waals surface area contributed by atoms with Crippen molar-refractivity contribution >= 4 is 24.9 Å². The number of alkyl halides is 1. The van der Waals surface area contributed by atoms with E-state index in [0.29, 0.717) is 0 Å². The molecule has 0 aromatic carbocycles. The fourth-order valence-corrected chi connectivity index (χ4v) is 1.98. The van der Waals surface area contributed by atoms with E-state index in [-0.39, 0.29) is 25.7 Å². The van der Waals surface area contributed by atoms with Crippen LogP contribution in [0.15, 0.2) is 0 Å². The average Bonchev–Trinajstić information content (AvgIpc) is 2.15. The summed E-state index contributed by atoms with van der Waals surface area (Å²) in [5.74, 6) is 0.143. The highest BCUT2D eigenvalue weighted by molar-refractivity contribution is 7.71. The molecule has 0 unspecified atom stereocenters. The Morgan fingerprint density at radius 3 is 2.14 bits per heavy atom. The summed E-state index contributed by atoms with van der Waals surface area (Å²) in [4.78, 5) is 11.2. The second-order valence-corrected chi connectivity index (χ2v) is 4.39. The van der Waals surface area contributed by atoms with Crippen LogP contribution in [0, 0.1) is 0 Å². The lowest BCUT2D eigenvalue weighted by molar-refractivity contribution is 0.153. The van der Waals surface area contributed by atoms with E-state index in [9.17, 15) is 9.36 Å². The predicted octanol–water partition coefficient (Wildman–Crippen LogP) is 2.63. The Kier molecular flexibility index (Phi) is 7.19. The van der Waals surface area contributed by atoms with Gasteiger partial charge in [0, 0.05) is 0 Å². The number of ether oxygens (including phenoxy) is 1. The van der Waals surface area contributed by atoms with E-state index in [1.165, 1.54) is 0 Å². The highest BCUT2D eigenvalue weighted by atomic mass is 35.5. The summed E-state index contributed by atoms with van der Waals surface area (Å²) >= 11 is 5.30. The van der Waals surface area contributed by atoms with Crippen LogP contribution in [-0.4, -0.2) is 31.4 Å². The number of carbonyl (C=O) groups is 1. The standard InChI is InChI=1S/C7H14ClO5P/c1-3-12-14(10,13-4-2)7(9)11-6-5-8/h3-6H2,1-2H3. The molecule has 0 bridgehead atoms. The first-order valence-corrected chi connectivity index (χ1v) is 6.30. The van der Waals surface area contributed by atoms with Gasteiger partial charge in [-0.1, -0.05) is 0 Å². The van der Waals surface area contributed by atoms with Gasteiger partial charge in [0.15, 0.2) is 0 Å². The molecule has 0 aromatic rings. The number of hydrogen-bond acceptors (Lipinski definition) is 5. The second-order valence-electron chi connectivity index (χ2n) is 2.14. The fraction of sp³-hybridized carbons (Fsp3) is 0.857. The molecule has 0 saturated carbocycles. The summed E-state index contributed by atoms with van der Waals surface area (Å²) < 4.78 is 25.7. The molecule has 14 heavy (non-hydrogen) atoms. The highest BCUT2D eigenvalue weighted by Crippen LogP contribution is 2.49. The van der Waals surface area contributed by atoms with Crippen molar-refractivity contribution in [1.29, 1.82) is 0 Å². The van der Waals surface area contributed by atoms with Crippen molar-refractivity contribution in [2.75, 3.05) is 25.7 Å². The maximum absolute atomic E-state index is 11.7. The van der Waals surface area contributed by atoms with Crippen LogP contribution in [0.1, 0.15) is 13.8 Å². The maximum Gasteiger partial charge on any atom is 0.438 e. The van der Waals surface area contributed by atoms with Crippen LogP contribution in [0.5, 0.6) is 0 Å². The van der Waals surface area contributed by atoms with Crippen molar-refractivity contribution < 1.29 is 23.1 Å². The van der Waals surface area contributed by atoms with Crippen LogP contribution in [0.25, 0.3) is 0 Å². The number of hydrogen-bond donors (Lipinski definition) is 0. The Bertz CT molecular complexity index is 210. The Morgan fingerprint density at radius 2 is 1.79 bits per heavy atom. The summed E-state index contributed by atoms with van der Waals surface area (Å²) in [5, 5.41) is 0. The first-order valence-electron chi connectivity index (χ1n) is 4.23. The van der Waals surface area contributed by atoms with Gasteiger partial charge in [-0.2, -0.15) is 0 Å². The van der Waals surface area contributed by atoms with Crippen molar-refractivity contribution in [3.8, 4) is 0 Å². The smallest absolute Gasteiger partial charge is 0.438 e. The molecular weight excluding hydrogens is 230 g/mol. The van der Waals surface area contributed by atoms with Crippen molar-refractivity contribution in [1.82, 2.24) is 0 Å². The van der Waals surface area contributed by atoms with Gasteiger partial charge in [0.05, 0.1) is 19.1 Å². The highest BCUT2D eigenvalue weighted by Gasteiger charge is 2.36. The molecule has 7 heteroatoms. The number of carbonyl (C=O) groups excluding carboxylic acids is 1. The minimum atomic E-state index is -3.76. The van der Waals surface area contributed by atoms with Crippen LogP contribution in [0.4, 0.5) is 4.79 Å². The zero-order valence-electron chi connectivity index (χ0n) is 8.19. The zero-order chi connectivity index (χ0) is 11.0. The maximum atomic E-state index is 11.7. The van der Waals surface area contributed by atoms with E-state index >= 15 is 0 Å². The number of rotatable bonds is 7. The van der Waals surface area contributed by atoms with E-state index < -0.39 is 13.3 Å². The Labute approximate surface area is 88.2 Å². The Morgan fingerprint density at radius 1 is 1.29 bits per heavy atom. The molecule has 0 spiro atoms. The first-order chi connectivity index (χ1) is 6.60. The van der Waals surface area contributed by atoms with E-state index in [4.69, 9.17) is 20.6 Å². The van der Waals surface area contributed by atoms with Gasteiger partial charge in [-0.25, -0.2) is 9.36 Å². The van der Waals surface area contributed by atoms with Gasteiger partial charge in [-0.05, 0) is 13.8 Å². The van der Waals surface area contributed by atoms with Gasteiger partial charge in [-0.15, -0.1) is 11.6 Å². The van der Waals surface area contributed by atoms with Crippen molar-refractivity contribution in [3.63, 3.8) is 0 Å². The number of halogens is 1. The molecule has 5 nitrogen and oxygen atoms in total. The lowest BCUT2D eigenvalue weighted by Gasteiger charge is -2.14. The largest absolute Gasteiger partial charge is 0.455 e. The van der Waals surface area contributed by atoms with Gasteiger partial charge in [0.25, 0.3) is 0 Å². The monoisotopic (exact) mass is 244 g/mol. The van der Waals surface area contributed by atoms with Crippen molar-refractivity contribution in [2.45, 2.75) is 13.8 Å². The van der Waals surface area contributed by atoms with E-state index in [2.05, 4.69) is 4.74 Å². The third kappa shape index (κ3) is 4.42. The van der Waals surface area contributed by atoms with Crippen LogP contribution in [0.2, 0.25) is 0 Å². The fourth-order valence-electron chi connectivity index (χ4n) is 0.688. The van der Waals surface area contributed by atoms with Crippen LogP contribution in [0.3, 0.4) is 0 Å². The van der Waals surface area contributed by atoms with E-state index in [1.807, 2.05) is 0 Å². The molecule has 0 saturated heterocycles. The third-order valence-corrected chi connectivity index (χ3v) is 3.05. The van der Waals surface area contributed by atoms with Gasteiger partial charge < -0.3 is 13.8 Å². The van der Waals surface area contributed by atoms with Crippen LogP contribution in [-0.2, 0) is 18.3 Å². The minimum absolute atomic E-state index is 0.00940. The molecule has 0 amide bonds. The third-order valence-electron chi connectivity index (χ3n) is 1.12. The summed E-state index contributed by atoms with van der Waals surface area (Å²) in [6, 6.07) is 0. The quantitative estimate of drug-likeness (QED) is 0.509. The normalized spacial score (nSPS) is 11.4. The summed E-state index contributed by atoms with van der Waals surface area (Å²) in [5.41, 5.74) is -0.984.